The van der Waals surface area contributed by atoms with Crippen LogP contribution in [0, 0.1) is 13.8 Å². The normalized spacial score (nSPS) is 12.7. The first kappa shape index (κ1) is 22.2. The van der Waals surface area contributed by atoms with Crippen molar-refractivity contribution >= 4 is 21.1 Å². The smallest absolute Gasteiger partial charge is 0.295 e. The summed E-state index contributed by atoms with van der Waals surface area (Å²) >= 11 is 0. The van der Waals surface area contributed by atoms with Crippen molar-refractivity contribution in [2.24, 2.45) is 4.99 Å². The molecule has 0 saturated carbocycles. The fourth-order valence-corrected chi connectivity index (χ4v) is 5.00. The fourth-order valence-electron chi connectivity index (χ4n) is 4.30. The van der Waals surface area contributed by atoms with Crippen LogP contribution in [0.25, 0.3) is 33.4 Å². The lowest BCUT2D eigenvalue weighted by atomic mass is 9.90. The summed E-state index contributed by atoms with van der Waals surface area (Å²) in [6, 6.07) is 14.5. The predicted octanol–water partition coefficient (Wildman–Crippen LogP) is 5.94. The van der Waals surface area contributed by atoms with Crippen molar-refractivity contribution in [2.75, 3.05) is 6.54 Å². The van der Waals surface area contributed by atoms with Crippen molar-refractivity contribution in [3.63, 3.8) is 0 Å². The molecule has 4 rings (SSSR count). The van der Waals surface area contributed by atoms with E-state index in [0.29, 0.717) is 23.5 Å². The molecule has 0 radical (unpaired) electrons. The van der Waals surface area contributed by atoms with Gasteiger partial charge in [-0.15, -0.1) is 0 Å². The molecule has 0 atom stereocenters. The molecule has 6 heteroatoms. The van der Waals surface area contributed by atoms with Gasteiger partial charge in [-0.3, -0.25) is 9.55 Å². The number of hydrogen-bond donors (Lipinski definition) is 1. The third-order valence-corrected chi connectivity index (χ3v) is 6.69. The Hall–Kier alpha value is -2.96. The fraction of sp³-hybridized carbons (Fsp3) is 0.269. The van der Waals surface area contributed by atoms with E-state index in [1.165, 1.54) is 11.6 Å². The highest BCUT2D eigenvalue weighted by atomic mass is 32.2. The van der Waals surface area contributed by atoms with Gasteiger partial charge in [0, 0.05) is 34.7 Å². The molecule has 0 bridgehead atoms. The average molecular weight is 450 g/mol. The van der Waals surface area contributed by atoms with Gasteiger partial charge in [0.05, 0.1) is 5.36 Å². The van der Waals surface area contributed by atoms with Crippen LogP contribution in [0.2, 0.25) is 0 Å². The summed E-state index contributed by atoms with van der Waals surface area (Å²) in [6.45, 7) is 8.80. The molecule has 166 valence electrons. The lowest BCUT2D eigenvalue weighted by Gasteiger charge is -2.19. The maximum atomic E-state index is 12.2. The van der Waals surface area contributed by atoms with Gasteiger partial charge < -0.3 is 4.42 Å². The molecule has 32 heavy (non-hydrogen) atoms. The summed E-state index contributed by atoms with van der Waals surface area (Å²) in [5.74, 6) is 0.627. The highest BCUT2D eigenvalue weighted by Gasteiger charge is 2.24. The number of aryl methyl sites for hydroxylation is 3. The quantitative estimate of drug-likeness (QED) is 0.302. The Labute approximate surface area is 188 Å². The molecule has 1 aliphatic carbocycles. The standard InChI is InChI=1S/C26H27NO4S/c1-5-9-18-14-23-20(12-16(18)3)26(19-10-7-8-11-25(19)32(28,29)30)21-13-17(4)22(27-6-2)15-24(21)31-23/h7-8,10-15H,5-6,9H2,1-4H3,(H,28,29,30). The van der Waals surface area contributed by atoms with Crippen LogP contribution in [0.15, 0.2) is 62.8 Å². The zero-order chi connectivity index (χ0) is 23.0. The molecule has 2 aromatic carbocycles. The van der Waals surface area contributed by atoms with E-state index in [2.05, 4.69) is 24.9 Å². The number of rotatable bonds is 5. The molecule has 0 fully saturated rings. The Morgan fingerprint density at radius 3 is 2.41 bits per heavy atom. The summed E-state index contributed by atoms with van der Waals surface area (Å²) in [5, 5.41) is 1.66. The van der Waals surface area contributed by atoms with Crippen molar-refractivity contribution in [3.8, 4) is 22.5 Å². The van der Waals surface area contributed by atoms with Gasteiger partial charge in [0.25, 0.3) is 10.1 Å². The first-order valence-corrected chi connectivity index (χ1v) is 12.3. The SMILES string of the molecule is CCCc1cc2oc3cc(=NCC)c(C)cc-3c(-c3ccccc3S(=O)(=O)O)c2cc1C. The molecule has 0 amide bonds. The Bertz CT molecular complexity index is 1470. The second kappa shape index (κ2) is 8.52. The van der Waals surface area contributed by atoms with E-state index in [9.17, 15) is 13.0 Å². The van der Waals surface area contributed by atoms with E-state index in [0.717, 1.165) is 45.8 Å². The monoisotopic (exact) mass is 449 g/mol. The van der Waals surface area contributed by atoms with Crippen molar-refractivity contribution < 1.29 is 17.4 Å². The van der Waals surface area contributed by atoms with Crippen molar-refractivity contribution in [1.82, 2.24) is 0 Å². The van der Waals surface area contributed by atoms with E-state index in [4.69, 9.17) is 4.42 Å². The first-order chi connectivity index (χ1) is 15.2. The van der Waals surface area contributed by atoms with Crippen LogP contribution in [0.3, 0.4) is 0 Å². The van der Waals surface area contributed by atoms with Gasteiger partial charge in [-0.25, -0.2) is 0 Å². The van der Waals surface area contributed by atoms with Crippen molar-refractivity contribution in [2.45, 2.75) is 45.4 Å². The molecule has 2 aliphatic rings. The predicted molar refractivity (Wildman–Crippen MR) is 128 cm³/mol. The lowest BCUT2D eigenvalue weighted by molar-refractivity contribution is 0.483. The molecule has 0 aromatic heterocycles. The molecule has 0 unspecified atom stereocenters. The Morgan fingerprint density at radius 1 is 0.969 bits per heavy atom. The molecule has 2 aromatic rings. The van der Waals surface area contributed by atoms with Crippen LogP contribution in [-0.4, -0.2) is 19.5 Å². The van der Waals surface area contributed by atoms with Gasteiger partial charge >= 0.3 is 0 Å². The summed E-state index contributed by atoms with van der Waals surface area (Å²) in [7, 11) is -4.42. The molecule has 1 N–H and O–H groups in total. The number of benzene rings is 3. The van der Waals surface area contributed by atoms with Crippen LogP contribution in [0.1, 0.15) is 37.0 Å². The summed E-state index contributed by atoms with van der Waals surface area (Å²) in [4.78, 5) is 4.44. The molecule has 0 spiro atoms. The van der Waals surface area contributed by atoms with Crippen LogP contribution < -0.4 is 5.36 Å². The zero-order valence-electron chi connectivity index (χ0n) is 18.8. The molecule has 5 nitrogen and oxygen atoms in total. The average Bonchev–Trinajstić information content (AvgIpc) is 2.74. The number of nitrogens with zero attached hydrogens (tertiary/aromatic N) is 1. The Morgan fingerprint density at radius 2 is 1.72 bits per heavy atom. The van der Waals surface area contributed by atoms with Crippen LogP contribution in [0.5, 0.6) is 0 Å². The van der Waals surface area contributed by atoms with Crippen LogP contribution in [-0.2, 0) is 16.5 Å². The van der Waals surface area contributed by atoms with E-state index in [1.807, 2.05) is 32.0 Å². The molecular weight excluding hydrogens is 422 g/mol. The van der Waals surface area contributed by atoms with E-state index in [-0.39, 0.29) is 4.90 Å². The number of hydrogen-bond acceptors (Lipinski definition) is 4. The Kier molecular flexibility index (Phi) is 5.93. The molecule has 0 saturated heterocycles. The summed E-state index contributed by atoms with van der Waals surface area (Å²) < 4.78 is 40.7. The molecular formula is C26H27NO4S. The third-order valence-electron chi connectivity index (χ3n) is 5.78. The highest BCUT2D eigenvalue weighted by Crippen LogP contribution is 2.43. The van der Waals surface area contributed by atoms with E-state index >= 15 is 0 Å². The topological polar surface area (TPSA) is 79.9 Å². The van der Waals surface area contributed by atoms with Crippen molar-refractivity contribution in [1.29, 1.82) is 0 Å². The highest BCUT2D eigenvalue weighted by molar-refractivity contribution is 7.86. The van der Waals surface area contributed by atoms with Crippen LogP contribution >= 0.6 is 0 Å². The number of fused-ring (bicyclic) bond motifs is 2. The first-order valence-electron chi connectivity index (χ1n) is 10.8. The largest absolute Gasteiger partial charge is 0.456 e. The zero-order valence-corrected chi connectivity index (χ0v) is 19.6. The van der Waals surface area contributed by atoms with Crippen molar-refractivity contribution in [3.05, 3.63) is 70.6 Å². The third kappa shape index (κ3) is 3.96. The summed E-state index contributed by atoms with van der Waals surface area (Å²) in [6.07, 6.45) is 1.94. The second-order valence-corrected chi connectivity index (χ2v) is 9.47. The minimum Gasteiger partial charge on any atom is -0.456 e. The minimum atomic E-state index is -4.42. The van der Waals surface area contributed by atoms with Gasteiger partial charge in [0.2, 0.25) is 0 Å². The molecule has 1 aliphatic heterocycles. The maximum Gasteiger partial charge on any atom is 0.295 e. The van der Waals surface area contributed by atoms with Gasteiger partial charge in [-0.2, -0.15) is 8.42 Å². The van der Waals surface area contributed by atoms with Gasteiger partial charge in [-0.1, -0.05) is 31.5 Å². The maximum absolute atomic E-state index is 12.2. The van der Waals surface area contributed by atoms with Crippen LogP contribution in [0.4, 0.5) is 0 Å². The molecule has 1 heterocycles. The second-order valence-electron chi connectivity index (χ2n) is 8.08. The minimum absolute atomic E-state index is 0.121. The van der Waals surface area contributed by atoms with Gasteiger partial charge in [-0.05, 0) is 68.1 Å². The van der Waals surface area contributed by atoms with Gasteiger partial charge in [0.1, 0.15) is 16.2 Å². The lowest BCUT2D eigenvalue weighted by Crippen LogP contribution is -2.09. The summed E-state index contributed by atoms with van der Waals surface area (Å²) in [5.41, 5.74) is 5.92. The van der Waals surface area contributed by atoms with E-state index in [1.54, 1.807) is 18.2 Å². The van der Waals surface area contributed by atoms with Gasteiger partial charge in [0.15, 0.2) is 0 Å². The van der Waals surface area contributed by atoms with E-state index < -0.39 is 10.1 Å². The Balaban J connectivity index is 2.23.